The lowest BCUT2D eigenvalue weighted by molar-refractivity contribution is -0.116. The highest BCUT2D eigenvalue weighted by molar-refractivity contribution is 6.34. The van der Waals surface area contributed by atoms with Gasteiger partial charge >= 0.3 is 0 Å². The molecule has 126 valence electrons. The Kier molecular flexibility index (Phi) is 6.23. The first-order valence-electron chi connectivity index (χ1n) is 7.51. The lowest BCUT2D eigenvalue weighted by atomic mass is 10.1. The van der Waals surface area contributed by atoms with E-state index in [-0.39, 0.29) is 17.7 Å². The zero-order valence-corrected chi connectivity index (χ0v) is 14.9. The summed E-state index contributed by atoms with van der Waals surface area (Å²) in [7, 11) is 0. The van der Waals surface area contributed by atoms with Crippen molar-refractivity contribution in [3.63, 3.8) is 0 Å². The number of benzene rings is 2. The van der Waals surface area contributed by atoms with Crippen LogP contribution in [0.4, 0.5) is 11.4 Å². The maximum Gasteiger partial charge on any atom is 0.255 e. The minimum atomic E-state index is -0.287. The Morgan fingerprint density at radius 2 is 1.67 bits per heavy atom. The molecule has 0 fully saturated rings. The number of rotatable bonds is 5. The summed E-state index contributed by atoms with van der Waals surface area (Å²) in [6.07, 6.45) is 0.437. The van der Waals surface area contributed by atoms with Gasteiger partial charge in [-0.25, -0.2) is 0 Å². The van der Waals surface area contributed by atoms with E-state index in [1.807, 2.05) is 13.8 Å². The average Bonchev–Trinajstić information content (AvgIpc) is 2.49. The molecule has 0 bridgehead atoms. The molecule has 2 N–H and O–H groups in total. The maximum absolute atomic E-state index is 12.2. The molecule has 2 aromatic rings. The molecule has 0 atom stereocenters. The summed E-state index contributed by atoms with van der Waals surface area (Å²) in [5.41, 5.74) is 1.54. The fraction of sp³-hybridized carbons (Fsp3) is 0.222. The summed E-state index contributed by atoms with van der Waals surface area (Å²) < 4.78 is 0. The lowest BCUT2D eigenvalue weighted by Gasteiger charge is -2.11. The van der Waals surface area contributed by atoms with Crippen LogP contribution >= 0.6 is 23.2 Å². The number of amides is 2. The highest BCUT2D eigenvalue weighted by atomic mass is 35.5. The van der Waals surface area contributed by atoms with Crippen LogP contribution < -0.4 is 10.6 Å². The highest BCUT2D eigenvalue weighted by Gasteiger charge is 2.10. The van der Waals surface area contributed by atoms with Crippen LogP contribution in [0.1, 0.15) is 30.6 Å². The summed E-state index contributed by atoms with van der Waals surface area (Å²) >= 11 is 12.0. The Labute approximate surface area is 151 Å². The van der Waals surface area contributed by atoms with Crippen molar-refractivity contribution in [1.29, 1.82) is 0 Å². The molecule has 0 unspecified atom stereocenters. The highest BCUT2D eigenvalue weighted by Crippen LogP contribution is 2.26. The molecule has 0 heterocycles. The van der Waals surface area contributed by atoms with Crippen molar-refractivity contribution in [1.82, 2.24) is 0 Å². The quantitative estimate of drug-likeness (QED) is 0.762. The van der Waals surface area contributed by atoms with Crippen molar-refractivity contribution >= 4 is 46.4 Å². The van der Waals surface area contributed by atoms with Gasteiger partial charge in [0.05, 0.1) is 10.7 Å². The standard InChI is InChI=1S/C18H18Cl2N2O2/c1-11(2)9-17(23)21-14-7-8-16(15(20)10-14)22-18(24)12-3-5-13(19)6-4-12/h3-8,10-11H,9H2,1-2H3,(H,21,23)(H,22,24). The van der Waals surface area contributed by atoms with Crippen LogP contribution in [0.3, 0.4) is 0 Å². The average molecular weight is 365 g/mol. The number of hydrogen-bond donors (Lipinski definition) is 2. The summed E-state index contributed by atoms with van der Waals surface area (Å²) in [6.45, 7) is 3.95. The molecule has 0 saturated heterocycles. The molecule has 0 aliphatic heterocycles. The third-order valence-electron chi connectivity index (χ3n) is 3.20. The van der Waals surface area contributed by atoms with E-state index in [0.29, 0.717) is 33.4 Å². The van der Waals surface area contributed by atoms with Gasteiger partial charge in [0.1, 0.15) is 0 Å². The van der Waals surface area contributed by atoms with Crippen LogP contribution in [0, 0.1) is 5.92 Å². The Bertz CT molecular complexity index is 743. The maximum atomic E-state index is 12.2. The number of carbonyl (C=O) groups is 2. The van der Waals surface area contributed by atoms with Crippen LogP contribution in [0.15, 0.2) is 42.5 Å². The molecule has 0 aliphatic rings. The molecule has 2 rings (SSSR count). The molecular formula is C18H18Cl2N2O2. The van der Waals surface area contributed by atoms with Gasteiger partial charge in [-0.15, -0.1) is 0 Å². The van der Waals surface area contributed by atoms with Gasteiger partial charge in [-0.2, -0.15) is 0 Å². The first-order valence-corrected chi connectivity index (χ1v) is 8.27. The largest absolute Gasteiger partial charge is 0.326 e. The van der Waals surface area contributed by atoms with E-state index in [4.69, 9.17) is 23.2 Å². The second-order valence-corrected chi connectivity index (χ2v) is 6.65. The van der Waals surface area contributed by atoms with Crippen molar-refractivity contribution < 1.29 is 9.59 Å². The first kappa shape index (κ1) is 18.3. The number of carbonyl (C=O) groups excluding carboxylic acids is 2. The van der Waals surface area contributed by atoms with Gasteiger partial charge in [0, 0.05) is 22.7 Å². The van der Waals surface area contributed by atoms with Gasteiger partial charge in [-0.3, -0.25) is 9.59 Å². The number of anilines is 2. The van der Waals surface area contributed by atoms with Gasteiger partial charge in [0.15, 0.2) is 0 Å². The van der Waals surface area contributed by atoms with E-state index in [0.717, 1.165) is 0 Å². The molecule has 24 heavy (non-hydrogen) atoms. The third-order valence-corrected chi connectivity index (χ3v) is 3.77. The van der Waals surface area contributed by atoms with E-state index in [9.17, 15) is 9.59 Å². The molecular weight excluding hydrogens is 347 g/mol. The van der Waals surface area contributed by atoms with Gasteiger partial charge in [-0.05, 0) is 48.4 Å². The molecule has 0 aliphatic carbocycles. The van der Waals surface area contributed by atoms with Crippen molar-refractivity contribution in [2.75, 3.05) is 10.6 Å². The molecule has 0 radical (unpaired) electrons. The van der Waals surface area contributed by atoms with Gasteiger partial charge < -0.3 is 10.6 Å². The van der Waals surface area contributed by atoms with Gasteiger partial charge in [-0.1, -0.05) is 37.0 Å². The number of halogens is 2. The Morgan fingerprint density at radius 1 is 1.00 bits per heavy atom. The Morgan fingerprint density at radius 3 is 2.25 bits per heavy atom. The topological polar surface area (TPSA) is 58.2 Å². The minimum Gasteiger partial charge on any atom is -0.326 e. The van der Waals surface area contributed by atoms with Crippen LogP contribution in [0.5, 0.6) is 0 Å². The SMILES string of the molecule is CC(C)CC(=O)Nc1ccc(NC(=O)c2ccc(Cl)cc2)c(Cl)c1. The van der Waals surface area contributed by atoms with Crippen molar-refractivity contribution in [2.45, 2.75) is 20.3 Å². The molecule has 4 nitrogen and oxygen atoms in total. The zero-order chi connectivity index (χ0) is 17.7. The summed E-state index contributed by atoms with van der Waals surface area (Å²) in [4.78, 5) is 24.0. The second kappa shape index (κ2) is 8.18. The number of hydrogen-bond acceptors (Lipinski definition) is 2. The normalized spacial score (nSPS) is 10.5. The molecule has 0 saturated carbocycles. The van der Waals surface area contributed by atoms with Crippen molar-refractivity contribution in [3.05, 3.63) is 58.1 Å². The van der Waals surface area contributed by atoms with Gasteiger partial charge in [0.25, 0.3) is 5.91 Å². The van der Waals surface area contributed by atoms with E-state index < -0.39 is 0 Å². The predicted molar refractivity (Wildman–Crippen MR) is 98.9 cm³/mol. The molecule has 0 spiro atoms. The van der Waals surface area contributed by atoms with Crippen molar-refractivity contribution in [2.24, 2.45) is 5.92 Å². The molecule has 2 aromatic carbocycles. The summed E-state index contributed by atoms with van der Waals surface area (Å²) in [5.74, 6) is -0.0809. The molecule has 6 heteroatoms. The molecule has 2 amide bonds. The lowest BCUT2D eigenvalue weighted by Crippen LogP contribution is -2.14. The predicted octanol–water partition coefficient (Wildman–Crippen LogP) is 5.23. The minimum absolute atomic E-state index is 0.0704. The van der Waals surface area contributed by atoms with E-state index in [1.54, 1.807) is 42.5 Å². The molecule has 0 aromatic heterocycles. The van der Waals surface area contributed by atoms with E-state index in [2.05, 4.69) is 10.6 Å². The smallest absolute Gasteiger partial charge is 0.255 e. The summed E-state index contributed by atoms with van der Waals surface area (Å²) in [5, 5.41) is 6.42. The number of nitrogens with one attached hydrogen (secondary N) is 2. The monoisotopic (exact) mass is 364 g/mol. The van der Waals surface area contributed by atoms with Crippen molar-refractivity contribution in [3.8, 4) is 0 Å². The first-order chi connectivity index (χ1) is 11.3. The summed E-state index contributed by atoms with van der Waals surface area (Å²) in [6, 6.07) is 11.5. The van der Waals surface area contributed by atoms with Crippen LogP contribution in [-0.2, 0) is 4.79 Å². The Balaban J connectivity index is 2.05. The van der Waals surface area contributed by atoms with Gasteiger partial charge in [0.2, 0.25) is 5.91 Å². The van der Waals surface area contributed by atoms with Crippen LogP contribution in [0.2, 0.25) is 10.0 Å². The Hall–Kier alpha value is -2.04. The van der Waals surface area contributed by atoms with E-state index in [1.165, 1.54) is 0 Å². The van der Waals surface area contributed by atoms with Crippen LogP contribution in [0.25, 0.3) is 0 Å². The zero-order valence-electron chi connectivity index (χ0n) is 13.4. The van der Waals surface area contributed by atoms with E-state index >= 15 is 0 Å². The third kappa shape index (κ3) is 5.25. The fourth-order valence-electron chi connectivity index (χ4n) is 2.07. The van der Waals surface area contributed by atoms with Crippen LogP contribution in [-0.4, -0.2) is 11.8 Å². The fourth-order valence-corrected chi connectivity index (χ4v) is 2.43. The second-order valence-electron chi connectivity index (χ2n) is 5.80.